The number of anilines is 2. The Bertz CT molecular complexity index is 1140. The molecule has 0 radical (unpaired) electrons. The molecule has 0 unspecified atom stereocenters. The third kappa shape index (κ3) is 3.49. The van der Waals surface area contributed by atoms with Crippen molar-refractivity contribution in [3.8, 4) is 5.75 Å². The molecule has 0 saturated carbocycles. The summed E-state index contributed by atoms with van der Waals surface area (Å²) in [6, 6.07) is 9.81. The molecule has 9 heteroatoms. The van der Waals surface area contributed by atoms with Gasteiger partial charge in [-0.3, -0.25) is 9.59 Å². The molecular weight excluding hydrogens is 381 g/mol. The second-order valence-corrected chi connectivity index (χ2v) is 6.10. The molecule has 3 aromatic rings. The number of aromatic amines is 1. The van der Waals surface area contributed by atoms with Crippen molar-refractivity contribution in [3.05, 3.63) is 73.1 Å². The van der Waals surface area contributed by atoms with E-state index in [0.29, 0.717) is 5.02 Å². The van der Waals surface area contributed by atoms with Crippen LogP contribution in [0, 0.1) is 0 Å². The lowest BCUT2D eigenvalue weighted by Crippen LogP contribution is -2.30. The van der Waals surface area contributed by atoms with Crippen molar-refractivity contribution in [1.82, 2.24) is 4.98 Å². The molecule has 2 amide bonds. The zero-order valence-electron chi connectivity index (χ0n) is 13.0. The van der Waals surface area contributed by atoms with E-state index in [1.165, 1.54) is 30.3 Å². The Kier molecular flexibility index (Phi) is 4.83. The largest absolute Gasteiger partial charge is 0.505 e. The van der Waals surface area contributed by atoms with Gasteiger partial charge >= 0.3 is 6.03 Å². The maximum absolute atomic E-state index is 12.2. The molecule has 1 heterocycles. The van der Waals surface area contributed by atoms with Gasteiger partial charge < -0.3 is 20.7 Å². The van der Waals surface area contributed by atoms with Crippen molar-refractivity contribution in [1.29, 1.82) is 0 Å². The highest BCUT2D eigenvalue weighted by molar-refractivity contribution is 6.35. The number of benzene rings is 2. The smallest absolute Gasteiger partial charge is 0.323 e. The van der Waals surface area contributed by atoms with Crippen LogP contribution in [0.4, 0.5) is 16.2 Å². The van der Waals surface area contributed by atoms with E-state index in [9.17, 15) is 19.5 Å². The van der Waals surface area contributed by atoms with E-state index in [0.717, 1.165) is 0 Å². The molecule has 0 aliphatic carbocycles. The predicted octanol–water partition coefficient (Wildman–Crippen LogP) is 3.54. The third-order valence-corrected chi connectivity index (χ3v) is 4.08. The molecule has 0 fully saturated rings. The Morgan fingerprint density at radius 1 is 1.04 bits per heavy atom. The van der Waals surface area contributed by atoms with Crippen LogP contribution in [0.25, 0.3) is 10.9 Å². The molecule has 0 aliphatic rings. The molecule has 132 valence electrons. The van der Waals surface area contributed by atoms with Crippen molar-refractivity contribution in [3.63, 3.8) is 0 Å². The van der Waals surface area contributed by atoms with Crippen molar-refractivity contribution < 1.29 is 9.90 Å². The van der Waals surface area contributed by atoms with E-state index in [2.05, 4.69) is 15.6 Å². The normalized spacial score (nSPS) is 10.5. The number of aromatic nitrogens is 1. The molecule has 1 aromatic heterocycles. The van der Waals surface area contributed by atoms with Gasteiger partial charge in [-0.1, -0.05) is 35.3 Å². The summed E-state index contributed by atoms with van der Waals surface area (Å²) in [5.74, 6) is -0.531. The fraction of sp³-hybridized carbons (Fsp3) is 0. The van der Waals surface area contributed by atoms with Crippen molar-refractivity contribution in [2.24, 2.45) is 0 Å². The van der Waals surface area contributed by atoms with Crippen LogP contribution in [0.15, 0.2) is 52.1 Å². The maximum Gasteiger partial charge on any atom is 0.323 e. The van der Waals surface area contributed by atoms with E-state index in [4.69, 9.17) is 23.2 Å². The fourth-order valence-electron chi connectivity index (χ4n) is 2.31. The van der Waals surface area contributed by atoms with Crippen molar-refractivity contribution in [2.45, 2.75) is 0 Å². The number of rotatable bonds is 2. The van der Waals surface area contributed by atoms with Gasteiger partial charge in [-0.2, -0.15) is 0 Å². The minimum absolute atomic E-state index is 0.197. The Morgan fingerprint density at radius 3 is 2.54 bits per heavy atom. The Morgan fingerprint density at radius 2 is 1.77 bits per heavy atom. The number of carbonyl (C=O) groups excluding carboxylic acids is 1. The van der Waals surface area contributed by atoms with Crippen LogP contribution in [-0.2, 0) is 0 Å². The molecular formula is C17H11Cl2N3O4. The number of nitrogens with one attached hydrogen (secondary N) is 3. The lowest BCUT2D eigenvalue weighted by Gasteiger charge is -2.09. The van der Waals surface area contributed by atoms with Gasteiger partial charge in [0.25, 0.3) is 11.0 Å². The van der Waals surface area contributed by atoms with E-state index < -0.39 is 28.5 Å². The van der Waals surface area contributed by atoms with Crippen LogP contribution in [0.3, 0.4) is 0 Å². The highest BCUT2D eigenvalue weighted by Crippen LogP contribution is 2.28. The third-order valence-electron chi connectivity index (χ3n) is 3.52. The zero-order chi connectivity index (χ0) is 18.8. The monoisotopic (exact) mass is 391 g/mol. The van der Waals surface area contributed by atoms with Crippen LogP contribution in [0.5, 0.6) is 5.75 Å². The molecule has 0 spiro atoms. The fourth-order valence-corrected chi connectivity index (χ4v) is 2.65. The second-order valence-electron chi connectivity index (χ2n) is 5.26. The Balaban J connectivity index is 2.03. The number of hydrogen-bond acceptors (Lipinski definition) is 4. The first-order valence-electron chi connectivity index (χ1n) is 7.28. The lowest BCUT2D eigenvalue weighted by molar-refractivity contribution is 0.262. The lowest BCUT2D eigenvalue weighted by atomic mass is 10.2. The number of fused-ring (bicyclic) bond motifs is 1. The van der Waals surface area contributed by atoms with Gasteiger partial charge in [-0.25, -0.2) is 4.79 Å². The van der Waals surface area contributed by atoms with Crippen LogP contribution < -0.4 is 21.6 Å². The van der Waals surface area contributed by atoms with E-state index in [1.54, 1.807) is 12.1 Å². The molecule has 0 atom stereocenters. The SMILES string of the molecule is O=C(Nc1cc(Cl)ccc1Cl)Nc1c(O)c2ccccc2[nH]c(=O)c1=O. The van der Waals surface area contributed by atoms with Gasteiger partial charge in [0.1, 0.15) is 5.69 Å². The average Bonchev–Trinajstić information content (AvgIpc) is 2.69. The number of hydrogen-bond donors (Lipinski definition) is 4. The molecule has 7 nitrogen and oxygen atoms in total. The standard InChI is InChI=1S/C17H11Cl2N3O4/c18-8-5-6-10(19)12(7-8)21-17(26)22-13-14(23)9-3-1-2-4-11(9)20-16(25)15(13)24/h1-7H,(H4,20,21,22,23,24,25,26). The van der Waals surface area contributed by atoms with E-state index >= 15 is 0 Å². The molecule has 2 aromatic carbocycles. The highest BCUT2D eigenvalue weighted by atomic mass is 35.5. The van der Waals surface area contributed by atoms with Crippen LogP contribution in [0.1, 0.15) is 0 Å². The highest BCUT2D eigenvalue weighted by Gasteiger charge is 2.16. The number of aromatic hydroxyl groups is 1. The number of para-hydroxylation sites is 1. The zero-order valence-corrected chi connectivity index (χ0v) is 14.5. The van der Waals surface area contributed by atoms with Crippen LogP contribution >= 0.6 is 23.2 Å². The van der Waals surface area contributed by atoms with E-state index in [-0.39, 0.29) is 21.6 Å². The number of halogens is 2. The molecule has 0 aliphatic heterocycles. The first-order chi connectivity index (χ1) is 12.4. The van der Waals surface area contributed by atoms with Gasteiger partial charge in [0, 0.05) is 10.4 Å². The van der Waals surface area contributed by atoms with Crippen LogP contribution in [0.2, 0.25) is 10.0 Å². The summed E-state index contributed by atoms with van der Waals surface area (Å²) >= 11 is 11.8. The summed E-state index contributed by atoms with van der Waals surface area (Å²) in [4.78, 5) is 38.8. The van der Waals surface area contributed by atoms with Crippen molar-refractivity contribution >= 4 is 51.5 Å². The predicted molar refractivity (Wildman–Crippen MR) is 102 cm³/mol. The second kappa shape index (κ2) is 7.07. The molecule has 0 bridgehead atoms. The van der Waals surface area contributed by atoms with Gasteiger partial charge in [-0.15, -0.1) is 0 Å². The summed E-state index contributed by atoms with van der Waals surface area (Å²) in [7, 11) is 0. The van der Waals surface area contributed by atoms with Crippen LogP contribution in [-0.4, -0.2) is 16.1 Å². The number of amides is 2. The summed E-state index contributed by atoms with van der Waals surface area (Å²) in [5, 5.41) is 15.7. The number of urea groups is 1. The minimum Gasteiger partial charge on any atom is -0.505 e. The molecule has 26 heavy (non-hydrogen) atoms. The first-order valence-corrected chi connectivity index (χ1v) is 8.04. The number of H-pyrrole nitrogens is 1. The molecule has 0 saturated heterocycles. The Hall–Kier alpha value is -3.03. The summed E-state index contributed by atoms with van der Waals surface area (Å²) in [6.07, 6.45) is 0. The van der Waals surface area contributed by atoms with Gasteiger partial charge in [0.2, 0.25) is 0 Å². The van der Waals surface area contributed by atoms with Gasteiger partial charge in [0.15, 0.2) is 5.75 Å². The topological polar surface area (TPSA) is 111 Å². The summed E-state index contributed by atoms with van der Waals surface area (Å²) in [5.41, 5.74) is -2.19. The quantitative estimate of drug-likeness (QED) is 0.500. The van der Waals surface area contributed by atoms with Gasteiger partial charge in [-0.05, 0) is 30.3 Å². The van der Waals surface area contributed by atoms with Gasteiger partial charge in [0.05, 0.1) is 16.2 Å². The maximum atomic E-state index is 12.2. The average molecular weight is 392 g/mol. The van der Waals surface area contributed by atoms with E-state index in [1.807, 2.05) is 0 Å². The van der Waals surface area contributed by atoms with Crippen molar-refractivity contribution in [2.75, 3.05) is 10.6 Å². The first kappa shape index (κ1) is 17.8. The Labute approximate surface area is 156 Å². The minimum atomic E-state index is -1.09. The summed E-state index contributed by atoms with van der Waals surface area (Å²) in [6.45, 7) is 0. The molecule has 3 rings (SSSR count). The molecule has 4 N–H and O–H groups in total. The number of carbonyl (C=O) groups is 1. The summed E-state index contributed by atoms with van der Waals surface area (Å²) < 4.78 is 0.